The van der Waals surface area contributed by atoms with E-state index in [-0.39, 0.29) is 11.3 Å². The highest BCUT2D eigenvalue weighted by molar-refractivity contribution is 5.94. The molecule has 0 saturated carbocycles. The SMILES string of the molecule is Cc1cccc(COC[C@@]23COC[C@@H]2CN(C(=O)c2ccnnc2)C3)n1. The van der Waals surface area contributed by atoms with Crippen LogP contribution in [0.2, 0.25) is 0 Å². The van der Waals surface area contributed by atoms with E-state index >= 15 is 0 Å². The number of pyridine rings is 1. The maximum Gasteiger partial charge on any atom is 0.255 e. The van der Waals surface area contributed by atoms with Crippen molar-refractivity contribution in [1.82, 2.24) is 20.1 Å². The Bertz CT molecular complexity index is 785. The van der Waals surface area contributed by atoms with Gasteiger partial charge >= 0.3 is 0 Å². The molecule has 0 unspecified atom stereocenters. The molecule has 136 valence electrons. The van der Waals surface area contributed by atoms with Crippen LogP contribution in [0.15, 0.2) is 36.7 Å². The number of hydrogen-bond donors (Lipinski definition) is 0. The van der Waals surface area contributed by atoms with Gasteiger partial charge in [-0.05, 0) is 25.1 Å². The lowest BCUT2D eigenvalue weighted by Gasteiger charge is -2.26. The molecule has 4 heterocycles. The van der Waals surface area contributed by atoms with Gasteiger partial charge in [0, 0.05) is 30.1 Å². The van der Waals surface area contributed by atoms with Gasteiger partial charge in [0.25, 0.3) is 5.91 Å². The fraction of sp³-hybridized carbons (Fsp3) is 0.474. The molecule has 2 aliphatic rings. The first-order valence-corrected chi connectivity index (χ1v) is 8.80. The van der Waals surface area contributed by atoms with Crippen LogP contribution in [-0.4, -0.2) is 58.9 Å². The van der Waals surface area contributed by atoms with Gasteiger partial charge in [-0.1, -0.05) is 6.07 Å². The van der Waals surface area contributed by atoms with E-state index in [4.69, 9.17) is 9.47 Å². The number of carbonyl (C=O) groups is 1. The summed E-state index contributed by atoms with van der Waals surface area (Å²) in [5.41, 5.74) is 2.33. The topological polar surface area (TPSA) is 77.4 Å². The lowest BCUT2D eigenvalue weighted by molar-refractivity contribution is 0.0174. The second-order valence-corrected chi connectivity index (χ2v) is 7.15. The standard InChI is InChI=1S/C19H22N4O3/c1-14-3-2-4-17(22-14)10-26-13-19-11-23(8-16(19)9-25-12-19)18(24)15-5-6-20-21-7-15/h2-7,16H,8-13H2,1H3/t16-,19+/m0/s1. The zero-order valence-electron chi connectivity index (χ0n) is 14.8. The molecule has 2 saturated heterocycles. The Morgan fingerprint density at radius 2 is 2.31 bits per heavy atom. The average molecular weight is 354 g/mol. The second kappa shape index (κ2) is 7.09. The highest BCUT2D eigenvalue weighted by atomic mass is 16.5. The first kappa shape index (κ1) is 17.1. The number of nitrogens with zero attached hydrogens (tertiary/aromatic N) is 4. The molecule has 0 bridgehead atoms. The predicted octanol–water partition coefficient (Wildman–Crippen LogP) is 1.49. The first-order chi connectivity index (χ1) is 12.7. The molecule has 26 heavy (non-hydrogen) atoms. The molecule has 0 spiro atoms. The number of aromatic nitrogens is 3. The van der Waals surface area contributed by atoms with Crippen LogP contribution >= 0.6 is 0 Å². The molecule has 2 aromatic rings. The van der Waals surface area contributed by atoms with Crippen LogP contribution in [0.25, 0.3) is 0 Å². The number of hydrogen-bond acceptors (Lipinski definition) is 6. The minimum absolute atomic E-state index is 0.00553. The Morgan fingerprint density at radius 3 is 3.12 bits per heavy atom. The van der Waals surface area contributed by atoms with Crippen molar-refractivity contribution in [3.8, 4) is 0 Å². The summed E-state index contributed by atoms with van der Waals surface area (Å²) in [4.78, 5) is 19.1. The Balaban J connectivity index is 1.41. The summed E-state index contributed by atoms with van der Waals surface area (Å²) in [7, 11) is 0. The van der Waals surface area contributed by atoms with Crippen molar-refractivity contribution in [2.24, 2.45) is 11.3 Å². The van der Waals surface area contributed by atoms with Crippen molar-refractivity contribution in [2.75, 3.05) is 32.9 Å². The van der Waals surface area contributed by atoms with Crippen LogP contribution in [0.1, 0.15) is 21.7 Å². The van der Waals surface area contributed by atoms with E-state index in [1.807, 2.05) is 30.0 Å². The molecule has 4 rings (SSSR count). The number of ether oxygens (including phenoxy) is 2. The Labute approximate surface area is 152 Å². The van der Waals surface area contributed by atoms with Gasteiger partial charge in [0.15, 0.2) is 0 Å². The normalized spacial score (nSPS) is 24.7. The van der Waals surface area contributed by atoms with Crippen LogP contribution in [0, 0.1) is 18.3 Å². The van der Waals surface area contributed by atoms with Crippen LogP contribution in [-0.2, 0) is 16.1 Å². The fourth-order valence-corrected chi connectivity index (χ4v) is 3.83. The van der Waals surface area contributed by atoms with Gasteiger partial charge in [0.2, 0.25) is 0 Å². The molecule has 2 aliphatic heterocycles. The van der Waals surface area contributed by atoms with Crippen molar-refractivity contribution >= 4 is 5.91 Å². The van der Waals surface area contributed by atoms with Gasteiger partial charge in [-0.15, -0.1) is 0 Å². The largest absolute Gasteiger partial charge is 0.380 e. The van der Waals surface area contributed by atoms with E-state index in [1.54, 1.807) is 12.3 Å². The van der Waals surface area contributed by atoms with E-state index in [1.165, 1.54) is 6.20 Å². The van der Waals surface area contributed by atoms with E-state index in [0.717, 1.165) is 11.4 Å². The minimum atomic E-state index is -0.139. The van der Waals surface area contributed by atoms with Crippen LogP contribution in [0.5, 0.6) is 0 Å². The molecule has 0 radical (unpaired) electrons. The highest BCUT2D eigenvalue weighted by Gasteiger charge is 2.52. The maximum atomic E-state index is 12.7. The van der Waals surface area contributed by atoms with Gasteiger partial charge < -0.3 is 14.4 Å². The van der Waals surface area contributed by atoms with Gasteiger partial charge in [0.05, 0.1) is 50.1 Å². The lowest BCUT2D eigenvalue weighted by Crippen LogP contribution is -2.37. The smallest absolute Gasteiger partial charge is 0.255 e. The molecule has 7 heteroatoms. The molecular formula is C19H22N4O3. The van der Waals surface area contributed by atoms with Gasteiger partial charge in [0.1, 0.15) is 0 Å². The predicted molar refractivity (Wildman–Crippen MR) is 93.3 cm³/mol. The molecule has 2 aromatic heterocycles. The van der Waals surface area contributed by atoms with Crippen LogP contribution < -0.4 is 0 Å². The maximum absolute atomic E-state index is 12.7. The molecule has 0 aromatic carbocycles. The zero-order chi connectivity index (χ0) is 18.0. The Kier molecular flexibility index (Phi) is 4.65. The van der Waals surface area contributed by atoms with Gasteiger partial charge in [-0.3, -0.25) is 9.78 Å². The summed E-state index contributed by atoms with van der Waals surface area (Å²) in [6.45, 7) is 5.62. The summed E-state index contributed by atoms with van der Waals surface area (Å²) in [6, 6.07) is 7.62. The van der Waals surface area contributed by atoms with Crippen molar-refractivity contribution in [2.45, 2.75) is 13.5 Å². The van der Waals surface area contributed by atoms with Crippen molar-refractivity contribution in [1.29, 1.82) is 0 Å². The number of rotatable bonds is 5. The van der Waals surface area contributed by atoms with E-state index in [2.05, 4.69) is 15.2 Å². The third-order valence-electron chi connectivity index (χ3n) is 5.22. The summed E-state index contributed by atoms with van der Waals surface area (Å²) >= 11 is 0. The highest BCUT2D eigenvalue weighted by Crippen LogP contribution is 2.42. The lowest BCUT2D eigenvalue weighted by atomic mass is 9.82. The van der Waals surface area contributed by atoms with Crippen molar-refractivity contribution in [3.63, 3.8) is 0 Å². The molecule has 0 N–H and O–H groups in total. The third kappa shape index (κ3) is 3.32. The average Bonchev–Trinajstić information content (AvgIpc) is 3.19. The Hall–Kier alpha value is -2.38. The number of carbonyl (C=O) groups excluding carboxylic acids is 1. The Morgan fingerprint density at radius 1 is 1.38 bits per heavy atom. The van der Waals surface area contributed by atoms with Crippen molar-refractivity contribution < 1.29 is 14.3 Å². The summed E-state index contributed by atoms with van der Waals surface area (Å²) < 4.78 is 11.7. The molecule has 7 nitrogen and oxygen atoms in total. The van der Waals surface area contributed by atoms with E-state index in [9.17, 15) is 4.79 Å². The number of aryl methyl sites for hydroxylation is 1. The van der Waals surface area contributed by atoms with Crippen LogP contribution in [0.3, 0.4) is 0 Å². The van der Waals surface area contributed by atoms with E-state index < -0.39 is 0 Å². The number of likely N-dealkylation sites (tertiary alicyclic amines) is 1. The quantitative estimate of drug-likeness (QED) is 0.809. The third-order valence-corrected chi connectivity index (χ3v) is 5.22. The minimum Gasteiger partial charge on any atom is -0.380 e. The van der Waals surface area contributed by atoms with E-state index in [0.29, 0.717) is 51.0 Å². The molecule has 2 fully saturated rings. The monoisotopic (exact) mass is 354 g/mol. The summed E-state index contributed by atoms with van der Waals surface area (Å²) in [6.07, 6.45) is 3.06. The fourth-order valence-electron chi connectivity index (χ4n) is 3.83. The summed E-state index contributed by atoms with van der Waals surface area (Å²) in [5, 5.41) is 7.54. The zero-order valence-corrected chi connectivity index (χ0v) is 14.8. The van der Waals surface area contributed by atoms with Crippen molar-refractivity contribution in [3.05, 3.63) is 53.6 Å². The molecule has 0 aliphatic carbocycles. The van der Waals surface area contributed by atoms with Crippen LogP contribution in [0.4, 0.5) is 0 Å². The molecule has 2 atom stereocenters. The molecular weight excluding hydrogens is 332 g/mol. The first-order valence-electron chi connectivity index (χ1n) is 8.80. The summed E-state index contributed by atoms with van der Waals surface area (Å²) in [5.74, 6) is 0.292. The number of fused-ring (bicyclic) bond motifs is 1. The van der Waals surface area contributed by atoms with Gasteiger partial charge in [-0.2, -0.15) is 10.2 Å². The van der Waals surface area contributed by atoms with Gasteiger partial charge in [-0.25, -0.2) is 0 Å². The molecule has 1 amide bonds. The second-order valence-electron chi connectivity index (χ2n) is 7.15. The number of amides is 1.